The number of carbonyl (C=O) groups is 1. The molecule has 1 aliphatic rings. The Morgan fingerprint density at radius 3 is 2.67 bits per heavy atom. The van der Waals surface area contributed by atoms with Crippen LogP contribution in [0.2, 0.25) is 0 Å². The fraction of sp³-hybridized carbons (Fsp3) is 0.538. The molecule has 2 rings (SSSR count). The highest BCUT2D eigenvalue weighted by Crippen LogP contribution is 2.17. The molecule has 0 saturated carbocycles. The van der Waals surface area contributed by atoms with Gasteiger partial charge in [0.2, 0.25) is 11.8 Å². The number of anilines is 1. The normalized spacial score (nSPS) is 16.4. The monoisotopic (exact) mass is 249 g/mol. The highest BCUT2D eigenvalue weighted by Gasteiger charge is 2.20. The Labute approximate surface area is 107 Å². The number of nitrogens with zero attached hydrogens (tertiary/aromatic N) is 2. The van der Waals surface area contributed by atoms with Crippen LogP contribution in [0.3, 0.4) is 0 Å². The lowest BCUT2D eigenvalue weighted by molar-refractivity contribution is -0.129. The van der Waals surface area contributed by atoms with Gasteiger partial charge in [0.25, 0.3) is 0 Å². The topological polar surface area (TPSA) is 54.5 Å². The number of pyridine rings is 1. The van der Waals surface area contributed by atoms with Gasteiger partial charge < -0.3 is 15.0 Å². The molecule has 1 aliphatic heterocycles. The molecule has 1 aromatic heterocycles. The molecule has 1 saturated heterocycles. The fourth-order valence-electron chi connectivity index (χ4n) is 2.16. The summed E-state index contributed by atoms with van der Waals surface area (Å²) >= 11 is 0. The van der Waals surface area contributed by atoms with E-state index < -0.39 is 0 Å². The zero-order valence-electron chi connectivity index (χ0n) is 10.8. The molecule has 5 heteroatoms. The van der Waals surface area contributed by atoms with Gasteiger partial charge in [0.15, 0.2) is 0 Å². The Kier molecular flexibility index (Phi) is 4.02. The minimum Gasteiger partial charge on any atom is -0.481 e. The molecule has 0 bridgehead atoms. The van der Waals surface area contributed by atoms with Crippen LogP contribution in [-0.2, 0) is 4.79 Å². The molecule has 0 unspecified atom stereocenters. The van der Waals surface area contributed by atoms with E-state index in [0.717, 1.165) is 31.6 Å². The lowest BCUT2D eigenvalue weighted by Gasteiger charge is -2.32. The largest absolute Gasteiger partial charge is 0.481 e. The number of methoxy groups -OCH3 is 1. The van der Waals surface area contributed by atoms with Gasteiger partial charge in [0.05, 0.1) is 19.0 Å². The SMILES string of the molecule is COc1ccc(NC2CCN(C(C)=O)CC2)cn1. The standard InChI is InChI=1S/C13H19N3O2/c1-10(17)16-7-5-11(6-8-16)15-12-3-4-13(18-2)14-9-12/h3-4,9,11,15H,5-8H2,1-2H3. The highest BCUT2D eigenvalue weighted by atomic mass is 16.5. The van der Waals surface area contributed by atoms with Crippen molar-refractivity contribution in [3.05, 3.63) is 18.3 Å². The van der Waals surface area contributed by atoms with Crippen LogP contribution in [0.4, 0.5) is 5.69 Å². The first-order chi connectivity index (χ1) is 8.69. The van der Waals surface area contributed by atoms with Gasteiger partial charge in [-0.3, -0.25) is 4.79 Å². The Morgan fingerprint density at radius 1 is 1.44 bits per heavy atom. The summed E-state index contributed by atoms with van der Waals surface area (Å²) in [4.78, 5) is 17.3. The molecule has 1 amide bonds. The maximum Gasteiger partial charge on any atom is 0.219 e. The third kappa shape index (κ3) is 3.12. The third-order valence-corrected chi connectivity index (χ3v) is 3.26. The van der Waals surface area contributed by atoms with Gasteiger partial charge in [-0.25, -0.2) is 4.98 Å². The van der Waals surface area contributed by atoms with Crippen molar-refractivity contribution in [3.8, 4) is 5.88 Å². The molecular weight excluding hydrogens is 230 g/mol. The van der Waals surface area contributed by atoms with Gasteiger partial charge in [-0.15, -0.1) is 0 Å². The summed E-state index contributed by atoms with van der Waals surface area (Å²) in [5.41, 5.74) is 0.997. The summed E-state index contributed by atoms with van der Waals surface area (Å²) in [5.74, 6) is 0.784. The van der Waals surface area contributed by atoms with Gasteiger partial charge in [-0.05, 0) is 18.9 Å². The molecule has 0 spiro atoms. The number of piperidine rings is 1. The van der Waals surface area contributed by atoms with Crippen LogP contribution in [-0.4, -0.2) is 42.0 Å². The van der Waals surface area contributed by atoms with Crippen LogP contribution < -0.4 is 10.1 Å². The summed E-state index contributed by atoms with van der Waals surface area (Å²) in [6.07, 6.45) is 3.73. The second-order valence-electron chi connectivity index (χ2n) is 4.51. The van der Waals surface area contributed by atoms with Crippen molar-refractivity contribution in [2.45, 2.75) is 25.8 Å². The van der Waals surface area contributed by atoms with E-state index in [2.05, 4.69) is 10.3 Å². The number of ether oxygens (including phenoxy) is 1. The summed E-state index contributed by atoms with van der Waals surface area (Å²) in [7, 11) is 1.60. The second-order valence-corrected chi connectivity index (χ2v) is 4.51. The average molecular weight is 249 g/mol. The van der Waals surface area contributed by atoms with Crippen LogP contribution in [0.5, 0.6) is 5.88 Å². The third-order valence-electron chi connectivity index (χ3n) is 3.26. The second kappa shape index (κ2) is 5.71. The van der Waals surface area contributed by atoms with E-state index in [1.54, 1.807) is 20.2 Å². The van der Waals surface area contributed by atoms with Gasteiger partial charge in [0, 0.05) is 32.1 Å². The molecule has 0 atom stereocenters. The van der Waals surface area contributed by atoms with Gasteiger partial charge in [-0.1, -0.05) is 0 Å². The quantitative estimate of drug-likeness (QED) is 0.882. The Bertz CT molecular complexity index is 397. The Morgan fingerprint density at radius 2 is 2.17 bits per heavy atom. The number of hydrogen-bond acceptors (Lipinski definition) is 4. The number of rotatable bonds is 3. The molecule has 0 aromatic carbocycles. The first-order valence-corrected chi connectivity index (χ1v) is 6.21. The number of carbonyl (C=O) groups excluding carboxylic acids is 1. The average Bonchev–Trinajstić information content (AvgIpc) is 2.40. The molecule has 1 N–H and O–H groups in total. The maximum atomic E-state index is 11.2. The lowest BCUT2D eigenvalue weighted by Crippen LogP contribution is -2.41. The first-order valence-electron chi connectivity index (χ1n) is 6.21. The Balaban J connectivity index is 1.85. The number of aromatic nitrogens is 1. The van der Waals surface area contributed by atoms with Crippen LogP contribution in [0.15, 0.2) is 18.3 Å². The number of nitrogens with one attached hydrogen (secondary N) is 1. The van der Waals surface area contributed by atoms with Crippen LogP contribution >= 0.6 is 0 Å². The predicted octanol–water partition coefficient (Wildman–Crippen LogP) is 1.51. The summed E-state index contributed by atoms with van der Waals surface area (Å²) < 4.78 is 5.02. The minimum absolute atomic E-state index is 0.166. The van der Waals surface area contributed by atoms with Crippen molar-refractivity contribution in [1.29, 1.82) is 0 Å². The van der Waals surface area contributed by atoms with Crippen molar-refractivity contribution in [3.63, 3.8) is 0 Å². The maximum absolute atomic E-state index is 11.2. The van der Waals surface area contributed by atoms with Gasteiger partial charge in [-0.2, -0.15) is 0 Å². The smallest absolute Gasteiger partial charge is 0.219 e. The van der Waals surface area contributed by atoms with Gasteiger partial charge >= 0.3 is 0 Å². The predicted molar refractivity (Wildman–Crippen MR) is 69.7 cm³/mol. The van der Waals surface area contributed by atoms with Gasteiger partial charge in [0.1, 0.15) is 0 Å². The summed E-state index contributed by atoms with van der Waals surface area (Å²) in [6, 6.07) is 4.21. The molecule has 18 heavy (non-hydrogen) atoms. The van der Waals surface area contributed by atoms with E-state index in [1.165, 1.54) is 0 Å². The van der Waals surface area contributed by atoms with E-state index in [0.29, 0.717) is 11.9 Å². The highest BCUT2D eigenvalue weighted by molar-refractivity contribution is 5.73. The van der Waals surface area contributed by atoms with E-state index in [4.69, 9.17) is 4.74 Å². The minimum atomic E-state index is 0.166. The van der Waals surface area contributed by atoms with Crippen molar-refractivity contribution in [2.75, 3.05) is 25.5 Å². The zero-order chi connectivity index (χ0) is 13.0. The van der Waals surface area contributed by atoms with E-state index >= 15 is 0 Å². The molecule has 0 radical (unpaired) electrons. The molecule has 0 aliphatic carbocycles. The summed E-state index contributed by atoms with van der Waals surface area (Å²) in [6.45, 7) is 3.29. The molecular formula is C13H19N3O2. The van der Waals surface area contributed by atoms with E-state index in [1.807, 2.05) is 17.0 Å². The van der Waals surface area contributed by atoms with E-state index in [9.17, 15) is 4.79 Å². The van der Waals surface area contributed by atoms with Crippen LogP contribution in [0, 0.1) is 0 Å². The number of hydrogen-bond donors (Lipinski definition) is 1. The molecule has 98 valence electrons. The van der Waals surface area contributed by atoms with Crippen LogP contribution in [0.25, 0.3) is 0 Å². The van der Waals surface area contributed by atoms with Crippen LogP contribution in [0.1, 0.15) is 19.8 Å². The summed E-state index contributed by atoms with van der Waals surface area (Å²) in [5, 5.41) is 3.44. The molecule has 5 nitrogen and oxygen atoms in total. The number of likely N-dealkylation sites (tertiary alicyclic amines) is 1. The fourth-order valence-corrected chi connectivity index (χ4v) is 2.16. The van der Waals surface area contributed by atoms with Crippen molar-refractivity contribution < 1.29 is 9.53 Å². The molecule has 1 fully saturated rings. The first kappa shape index (κ1) is 12.7. The molecule has 2 heterocycles. The van der Waals surface area contributed by atoms with E-state index in [-0.39, 0.29) is 5.91 Å². The van der Waals surface area contributed by atoms with Crippen molar-refractivity contribution in [2.24, 2.45) is 0 Å². The zero-order valence-corrected chi connectivity index (χ0v) is 10.8. The van der Waals surface area contributed by atoms with Crippen molar-refractivity contribution in [1.82, 2.24) is 9.88 Å². The number of amides is 1. The lowest BCUT2D eigenvalue weighted by atomic mass is 10.0. The molecule has 1 aromatic rings. The Hall–Kier alpha value is -1.78. The van der Waals surface area contributed by atoms with Crippen molar-refractivity contribution >= 4 is 11.6 Å².